The summed E-state index contributed by atoms with van der Waals surface area (Å²) in [5.41, 5.74) is 2.29. The predicted molar refractivity (Wildman–Crippen MR) is 113 cm³/mol. The van der Waals surface area contributed by atoms with Gasteiger partial charge in [-0.05, 0) is 23.9 Å². The van der Waals surface area contributed by atoms with Crippen molar-refractivity contribution >= 4 is 23.2 Å². The summed E-state index contributed by atoms with van der Waals surface area (Å²) >= 11 is 1.65. The number of nitrogens with one attached hydrogen (secondary N) is 1. The van der Waals surface area contributed by atoms with Crippen LogP contribution in [0.25, 0.3) is 0 Å². The number of carbonyl (C=O) groups excluding carboxylic acids is 2. The Labute approximate surface area is 171 Å². The molecule has 1 fully saturated rings. The molecule has 2 heterocycles. The van der Waals surface area contributed by atoms with Gasteiger partial charge in [0.15, 0.2) is 0 Å². The van der Waals surface area contributed by atoms with E-state index in [9.17, 15) is 9.59 Å². The molecular formula is C22H29N3O2S. The number of thiophene rings is 1. The zero-order chi connectivity index (χ0) is 20.1. The van der Waals surface area contributed by atoms with E-state index in [1.807, 2.05) is 30.2 Å². The van der Waals surface area contributed by atoms with Gasteiger partial charge in [0.05, 0.1) is 12.6 Å². The Balaban J connectivity index is 1.59. The van der Waals surface area contributed by atoms with Crippen LogP contribution in [0.2, 0.25) is 0 Å². The number of hydrogen-bond acceptors (Lipinski definition) is 4. The number of benzene rings is 1. The van der Waals surface area contributed by atoms with Crippen LogP contribution in [0.4, 0.5) is 0 Å². The molecule has 1 atom stereocenters. The number of nitrogens with zero attached hydrogens (tertiary/aromatic N) is 2. The summed E-state index contributed by atoms with van der Waals surface area (Å²) in [7, 11) is 0. The van der Waals surface area contributed by atoms with Crippen molar-refractivity contribution in [3.8, 4) is 0 Å². The summed E-state index contributed by atoms with van der Waals surface area (Å²) in [6, 6.07) is 12.3. The van der Waals surface area contributed by atoms with Gasteiger partial charge in [-0.2, -0.15) is 0 Å². The van der Waals surface area contributed by atoms with Crippen molar-refractivity contribution in [1.82, 2.24) is 15.1 Å². The van der Waals surface area contributed by atoms with Crippen molar-refractivity contribution in [2.75, 3.05) is 32.7 Å². The van der Waals surface area contributed by atoms with Gasteiger partial charge >= 0.3 is 0 Å². The van der Waals surface area contributed by atoms with Crippen molar-refractivity contribution in [2.45, 2.75) is 26.8 Å². The number of aryl methyl sites for hydroxylation is 1. The highest BCUT2D eigenvalue weighted by Crippen LogP contribution is 2.26. The molecule has 0 radical (unpaired) electrons. The molecule has 1 unspecified atom stereocenters. The molecule has 1 aromatic heterocycles. The van der Waals surface area contributed by atoms with E-state index in [2.05, 4.69) is 47.5 Å². The Bertz CT molecular complexity index is 779. The Morgan fingerprint density at radius 1 is 1.07 bits per heavy atom. The van der Waals surface area contributed by atoms with Gasteiger partial charge in [-0.25, -0.2) is 0 Å². The van der Waals surface area contributed by atoms with Gasteiger partial charge in [-0.15, -0.1) is 11.3 Å². The monoisotopic (exact) mass is 399 g/mol. The summed E-state index contributed by atoms with van der Waals surface area (Å²) in [5, 5.41) is 5.24. The standard InChI is InChI=1S/C22H29N3O2S/c1-16(2)22(27)25-12-10-24(11-13-25)15-20(26)23-21(19-5-4-14-28-19)18-8-6-17(3)7-9-18/h4-9,14,16,21H,10-13,15H2,1-3H3,(H,23,26). The Kier molecular flexibility index (Phi) is 6.86. The molecule has 3 rings (SSSR count). The van der Waals surface area contributed by atoms with Crippen LogP contribution < -0.4 is 5.32 Å². The fourth-order valence-electron chi connectivity index (χ4n) is 3.43. The molecule has 6 heteroatoms. The Hall–Kier alpha value is -2.18. The van der Waals surface area contributed by atoms with Crippen LogP contribution in [0, 0.1) is 12.8 Å². The normalized spacial score (nSPS) is 16.2. The van der Waals surface area contributed by atoms with Gasteiger partial charge in [0.2, 0.25) is 11.8 Å². The SMILES string of the molecule is Cc1ccc(C(NC(=O)CN2CCN(C(=O)C(C)C)CC2)c2cccs2)cc1. The lowest BCUT2D eigenvalue weighted by molar-refractivity contribution is -0.136. The van der Waals surface area contributed by atoms with E-state index >= 15 is 0 Å². The third-order valence-electron chi connectivity index (χ3n) is 5.09. The Morgan fingerprint density at radius 2 is 1.75 bits per heavy atom. The molecular weight excluding hydrogens is 370 g/mol. The predicted octanol–water partition coefficient (Wildman–Crippen LogP) is 3.06. The molecule has 5 nitrogen and oxygen atoms in total. The lowest BCUT2D eigenvalue weighted by Gasteiger charge is -2.35. The molecule has 150 valence electrons. The zero-order valence-corrected chi connectivity index (χ0v) is 17.7. The fourth-order valence-corrected chi connectivity index (χ4v) is 4.24. The first-order valence-corrected chi connectivity index (χ1v) is 10.7. The lowest BCUT2D eigenvalue weighted by Crippen LogP contribution is -2.52. The molecule has 1 saturated heterocycles. The maximum Gasteiger partial charge on any atom is 0.234 e. The van der Waals surface area contributed by atoms with Crippen molar-refractivity contribution < 1.29 is 9.59 Å². The van der Waals surface area contributed by atoms with Crippen LogP contribution in [-0.2, 0) is 9.59 Å². The molecule has 1 aliphatic rings. The molecule has 0 spiro atoms. The third kappa shape index (κ3) is 5.20. The molecule has 1 aliphatic heterocycles. The minimum atomic E-state index is -0.128. The van der Waals surface area contributed by atoms with E-state index in [0.717, 1.165) is 23.5 Å². The first-order chi connectivity index (χ1) is 13.4. The average molecular weight is 400 g/mol. The first-order valence-electron chi connectivity index (χ1n) is 9.84. The quantitative estimate of drug-likeness (QED) is 0.812. The van der Waals surface area contributed by atoms with Crippen LogP contribution in [0.15, 0.2) is 41.8 Å². The van der Waals surface area contributed by atoms with Gasteiger partial charge < -0.3 is 10.2 Å². The van der Waals surface area contributed by atoms with E-state index in [4.69, 9.17) is 0 Å². The van der Waals surface area contributed by atoms with Crippen LogP contribution in [-0.4, -0.2) is 54.3 Å². The molecule has 1 N–H and O–H groups in total. The van der Waals surface area contributed by atoms with Gasteiger partial charge in [0.25, 0.3) is 0 Å². The van der Waals surface area contributed by atoms with Crippen molar-refractivity contribution in [1.29, 1.82) is 0 Å². The summed E-state index contributed by atoms with van der Waals surface area (Å²) in [4.78, 5) is 30.0. The lowest BCUT2D eigenvalue weighted by atomic mass is 10.0. The highest BCUT2D eigenvalue weighted by atomic mass is 32.1. The van der Waals surface area contributed by atoms with Crippen molar-refractivity contribution in [2.24, 2.45) is 5.92 Å². The molecule has 28 heavy (non-hydrogen) atoms. The van der Waals surface area contributed by atoms with E-state index in [0.29, 0.717) is 19.6 Å². The fraction of sp³-hybridized carbons (Fsp3) is 0.455. The summed E-state index contributed by atoms with van der Waals surface area (Å²) < 4.78 is 0. The number of hydrogen-bond donors (Lipinski definition) is 1. The number of amides is 2. The highest BCUT2D eigenvalue weighted by Gasteiger charge is 2.25. The van der Waals surface area contributed by atoms with E-state index in [1.165, 1.54) is 5.56 Å². The first kappa shape index (κ1) is 20.6. The van der Waals surface area contributed by atoms with E-state index in [1.54, 1.807) is 11.3 Å². The topological polar surface area (TPSA) is 52.7 Å². The second-order valence-electron chi connectivity index (χ2n) is 7.68. The molecule has 2 aromatic rings. The average Bonchev–Trinajstić information content (AvgIpc) is 3.21. The van der Waals surface area contributed by atoms with Crippen LogP contribution in [0.5, 0.6) is 0 Å². The zero-order valence-electron chi connectivity index (χ0n) is 16.9. The van der Waals surface area contributed by atoms with E-state index in [-0.39, 0.29) is 23.8 Å². The Morgan fingerprint density at radius 3 is 2.32 bits per heavy atom. The van der Waals surface area contributed by atoms with Gasteiger partial charge in [0.1, 0.15) is 0 Å². The molecule has 0 bridgehead atoms. The van der Waals surface area contributed by atoms with Gasteiger partial charge in [-0.3, -0.25) is 14.5 Å². The van der Waals surface area contributed by atoms with Gasteiger partial charge in [-0.1, -0.05) is 49.7 Å². The summed E-state index contributed by atoms with van der Waals surface area (Å²) in [5.74, 6) is 0.236. The van der Waals surface area contributed by atoms with Crippen molar-refractivity contribution in [3.63, 3.8) is 0 Å². The van der Waals surface area contributed by atoms with E-state index < -0.39 is 0 Å². The smallest absolute Gasteiger partial charge is 0.234 e. The molecule has 1 aromatic carbocycles. The second-order valence-corrected chi connectivity index (χ2v) is 8.66. The molecule has 0 saturated carbocycles. The number of rotatable bonds is 6. The minimum Gasteiger partial charge on any atom is -0.343 e. The largest absolute Gasteiger partial charge is 0.343 e. The van der Waals surface area contributed by atoms with Crippen LogP contribution in [0.3, 0.4) is 0 Å². The maximum absolute atomic E-state index is 12.8. The van der Waals surface area contributed by atoms with Crippen molar-refractivity contribution in [3.05, 3.63) is 57.8 Å². The van der Waals surface area contributed by atoms with Gasteiger partial charge in [0, 0.05) is 37.0 Å². The number of piperazine rings is 1. The highest BCUT2D eigenvalue weighted by molar-refractivity contribution is 7.10. The second kappa shape index (κ2) is 9.34. The third-order valence-corrected chi connectivity index (χ3v) is 6.03. The minimum absolute atomic E-state index is 0.0163. The summed E-state index contributed by atoms with van der Waals surface area (Å²) in [6.45, 7) is 9.13. The molecule has 0 aliphatic carbocycles. The maximum atomic E-state index is 12.8. The molecule has 2 amide bonds. The summed E-state index contributed by atoms with van der Waals surface area (Å²) in [6.07, 6.45) is 0. The number of carbonyl (C=O) groups is 2. The van der Waals surface area contributed by atoms with Crippen LogP contribution in [0.1, 0.15) is 35.9 Å². The van der Waals surface area contributed by atoms with Crippen LogP contribution >= 0.6 is 11.3 Å².